The highest BCUT2D eigenvalue weighted by Crippen LogP contribution is 2.51. The molecule has 2 aromatic rings. The summed E-state index contributed by atoms with van der Waals surface area (Å²) in [5, 5.41) is 2.85. The summed E-state index contributed by atoms with van der Waals surface area (Å²) in [6, 6.07) is 19.1. The highest BCUT2D eigenvalue weighted by Gasteiger charge is 2.55. The molecule has 1 N–H and O–H groups in total. The van der Waals surface area contributed by atoms with Gasteiger partial charge in [0.15, 0.2) is 5.78 Å². The first-order chi connectivity index (χ1) is 14.4. The van der Waals surface area contributed by atoms with Crippen LogP contribution in [0.25, 0.3) is 0 Å². The molecule has 0 saturated carbocycles. The molecule has 1 amide bonds. The van der Waals surface area contributed by atoms with E-state index >= 15 is 0 Å². The second-order valence-electron chi connectivity index (χ2n) is 7.67. The van der Waals surface area contributed by atoms with Crippen molar-refractivity contribution in [3.63, 3.8) is 0 Å². The molecule has 2 heterocycles. The lowest BCUT2D eigenvalue weighted by Crippen LogP contribution is -2.49. The number of hydrogen-bond donors (Lipinski definition) is 1. The SMILES string of the molecule is CC(=O)N[C@H]1CC2(OC(C)=C1C(C)=O)O[C@@H](c1ccccc1)[C@H](c1ccccc1)O2. The Labute approximate surface area is 175 Å². The van der Waals surface area contributed by atoms with E-state index < -0.39 is 24.2 Å². The van der Waals surface area contributed by atoms with E-state index in [-0.39, 0.29) is 18.1 Å². The maximum atomic E-state index is 12.2. The van der Waals surface area contributed by atoms with Gasteiger partial charge in [0.25, 0.3) is 0 Å². The van der Waals surface area contributed by atoms with Crippen LogP contribution in [0.4, 0.5) is 0 Å². The predicted molar refractivity (Wildman–Crippen MR) is 110 cm³/mol. The van der Waals surface area contributed by atoms with Crippen LogP contribution >= 0.6 is 0 Å². The normalized spacial score (nSPS) is 25.1. The molecule has 4 rings (SSSR count). The van der Waals surface area contributed by atoms with Crippen LogP contribution in [-0.4, -0.2) is 23.7 Å². The highest BCUT2D eigenvalue weighted by atomic mass is 16.9. The summed E-state index contributed by atoms with van der Waals surface area (Å²) in [7, 11) is 0. The molecule has 0 aromatic heterocycles. The second-order valence-corrected chi connectivity index (χ2v) is 7.67. The van der Waals surface area contributed by atoms with E-state index in [4.69, 9.17) is 14.2 Å². The summed E-state index contributed by atoms with van der Waals surface area (Å²) in [5.74, 6) is -1.40. The number of carbonyl (C=O) groups is 2. The molecule has 2 aliphatic heterocycles. The molecule has 30 heavy (non-hydrogen) atoms. The minimum Gasteiger partial charge on any atom is -0.443 e. The summed E-state index contributed by atoms with van der Waals surface area (Å²) < 4.78 is 18.9. The third-order valence-electron chi connectivity index (χ3n) is 5.39. The summed E-state index contributed by atoms with van der Waals surface area (Å²) in [4.78, 5) is 24.0. The van der Waals surface area contributed by atoms with Gasteiger partial charge in [-0.15, -0.1) is 0 Å². The Kier molecular flexibility index (Phi) is 5.45. The van der Waals surface area contributed by atoms with Crippen molar-refractivity contribution in [2.24, 2.45) is 0 Å². The first-order valence-corrected chi connectivity index (χ1v) is 10.0. The predicted octanol–water partition coefficient (Wildman–Crippen LogP) is 3.96. The van der Waals surface area contributed by atoms with Crippen LogP contribution in [0.2, 0.25) is 0 Å². The summed E-state index contributed by atoms with van der Waals surface area (Å²) >= 11 is 0. The summed E-state index contributed by atoms with van der Waals surface area (Å²) in [6.45, 7) is 4.59. The number of amides is 1. The van der Waals surface area contributed by atoms with E-state index in [0.717, 1.165) is 11.1 Å². The molecule has 2 aromatic carbocycles. The van der Waals surface area contributed by atoms with E-state index in [1.165, 1.54) is 13.8 Å². The van der Waals surface area contributed by atoms with Gasteiger partial charge >= 0.3 is 5.97 Å². The largest absolute Gasteiger partial charge is 0.443 e. The van der Waals surface area contributed by atoms with Gasteiger partial charge in [0.2, 0.25) is 5.91 Å². The average Bonchev–Trinajstić information content (AvgIpc) is 3.06. The van der Waals surface area contributed by atoms with Crippen molar-refractivity contribution in [2.45, 2.75) is 51.4 Å². The fourth-order valence-corrected chi connectivity index (χ4v) is 4.24. The topological polar surface area (TPSA) is 73.9 Å². The lowest BCUT2D eigenvalue weighted by atomic mass is 9.95. The van der Waals surface area contributed by atoms with Crippen molar-refractivity contribution in [3.8, 4) is 0 Å². The number of rotatable bonds is 4. The number of hydrogen-bond acceptors (Lipinski definition) is 5. The number of Topliss-reactive ketones (excluding diaryl/α,β-unsaturated/α-hetero) is 1. The van der Waals surface area contributed by atoms with Crippen molar-refractivity contribution in [3.05, 3.63) is 83.1 Å². The molecule has 0 radical (unpaired) electrons. The summed E-state index contributed by atoms with van der Waals surface area (Å²) in [5.41, 5.74) is 2.35. The third-order valence-corrected chi connectivity index (χ3v) is 5.39. The minimum absolute atomic E-state index is 0.154. The molecule has 1 spiro atoms. The molecule has 0 bridgehead atoms. The smallest absolute Gasteiger partial charge is 0.330 e. The third kappa shape index (κ3) is 3.88. The van der Waals surface area contributed by atoms with Crippen LogP contribution in [0.1, 0.15) is 50.5 Å². The molecule has 2 aliphatic rings. The molecule has 1 fully saturated rings. The lowest BCUT2D eigenvalue weighted by Gasteiger charge is -2.38. The molecule has 3 atom stereocenters. The first kappa shape index (κ1) is 20.3. The van der Waals surface area contributed by atoms with Crippen LogP contribution in [0.15, 0.2) is 72.0 Å². The van der Waals surface area contributed by atoms with Gasteiger partial charge in [0, 0.05) is 6.92 Å². The first-order valence-electron chi connectivity index (χ1n) is 10.0. The molecule has 1 saturated heterocycles. The van der Waals surface area contributed by atoms with Crippen molar-refractivity contribution in [1.82, 2.24) is 5.32 Å². The van der Waals surface area contributed by atoms with E-state index in [2.05, 4.69) is 5.32 Å². The number of carbonyl (C=O) groups excluding carboxylic acids is 2. The van der Waals surface area contributed by atoms with Gasteiger partial charge in [-0.1, -0.05) is 60.7 Å². The Bertz CT molecular complexity index is 922. The molecule has 6 heteroatoms. The van der Waals surface area contributed by atoms with Crippen molar-refractivity contribution in [1.29, 1.82) is 0 Å². The molecular formula is C24H25NO5. The van der Waals surface area contributed by atoms with E-state index in [9.17, 15) is 9.59 Å². The van der Waals surface area contributed by atoms with Crippen LogP contribution in [0.3, 0.4) is 0 Å². The Balaban J connectivity index is 1.73. The molecule has 0 unspecified atom stereocenters. The van der Waals surface area contributed by atoms with Crippen molar-refractivity contribution >= 4 is 11.7 Å². The van der Waals surface area contributed by atoms with Crippen molar-refractivity contribution in [2.75, 3.05) is 0 Å². The van der Waals surface area contributed by atoms with E-state index in [1.54, 1.807) is 6.92 Å². The zero-order valence-corrected chi connectivity index (χ0v) is 17.3. The van der Waals surface area contributed by atoms with Gasteiger partial charge in [-0.25, -0.2) is 0 Å². The van der Waals surface area contributed by atoms with Gasteiger partial charge in [-0.2, -0.15) is 0 Å². The standard InChI is InChI=1S/C24H25NO5/c1-15(26)21-16(2)28-24(14-20(21)25-17(3)27)29-22(18-10-6-4-7-11-18)23(30-24)19-12-8-5-9-13-19/h4-13,20,22-23H,14H2,1-3H3,(H,25,27)/t20-,22-,23-/m0/s1. The molecule has 6 nitrogen and oxygen atoms in total. The summed E-state index contributed by atoms with van der Waals surface area (Å²) in [6.07, 6.45) is -0.637. The number of benzene rings is 2. The van der Waals surface area contributed by atoms with Gasteiger partial charge in [-0.3, -0.25) is 9.59 Å². The fourth-order valence-electron chi connectivity index (χ4n) is 4.24. The lowest BCUT2D eigenvalue weighted by molar-refractivity contribution is -0.336. The molecule has 0 aliphatic carbocycles. The van der Waals surface area contributed by atoms with Crippen molar-refractivity contribution < 1.29 is 23.8 Å². The van der Waals surface area contributed by atoms with Gasteiger partial charge < -0.3 is 19.5 Å². The van der Waals surface area contributed by atoms with Gasteiger partial charge in [-0.05, 0) is 25.0 Å². The minimum atomic E-state index is -1.41. The maximum absolute atomic E-state index is 12.2. The van der Waals surface area contributed by atoms with Gasteiger partial charge in [0.1, 0.15) is 18.0 Å². The highest BCUT2D eigenvalue weighted by molar-refractivity contribution is 5.95. The number of nitrogens with one attached hydrogen (secondary N) is 1. The zero-order chi connectivity index (χ0) is 21.3. The second kappa shape index (κ2) is 8.05. The average molecular weight is 407 g/mol. The number of ether oxygens (including phenoxy) is 3. The number of ketones is 1. The number of allylic oxidation sites excluding steroid dienone is 1. The molecule has 156 valence electrons. The maximum Gasteiger partial charge on any atom is 0.330 e. The Morgan fingerprint density at radius 3 is 1.83 bits per heavy atom. The van der Waals surface area contributed by atoms with Crippen LogP contribution in [0, 0.1) is 0 Å². The Morgan fingerprint density at radius 1 is 0.900 bits per heavy atom. The van der Waals surface area contributed by atoms with Crippen LogP contribution < -0.4 is 5.32 Å². The van der Waals surface area contributed by atoms with E-state index in [0.29, 0.717) is 11.3 Å². The van der Waals surface area contributed by atoms with E-state index in [1.807, 2.05) is 60.7 Å². The Morgan fingerprint density at radius 2 is 1.40 bits per heavy atom. The fraction of sp³-hybridized carbons (Fsp3) is 0.333. The molecular weight excluding hydrogens is 382 g/mol. The quantitative estimate of drug-likeness (QED) is 0.831. The van der Waals surface area contributed by atoms with Crippen LogP contribution in [-0.2, 0) is 23.8 Å². The van der Waals surface area contributed by atoms with Gasteiger partial charge in [0.05, 0.1) is 18.0 Å². The van der Waals surface area contributed by atoms with Crippen LogP contribution in [0.5, 0.6) is 0 Å². The monoisotopic (exact) mass is 407 g/mol. The Hall–Kier alpha value is -2.96. The zero-order valence-electron chi connectivity index (χ0n) is 17.3.